The minimum atomic E-state index is -5.28. The van der Waals surface area contributed by atoms with Gasteiger partial charge in [-0.1, -0.05) is 6.92 Å². The third-order valence-corrected chi connectivity index (χ3v) is 6.48. The van der Waals surface area contributed by atoms with Crippen molar-refractivity contribution in [1.29, 1.82) is 0 Å². The van der Waals surface area contributed by atoms with Gasteiger partial charge in [0.15, 0.2) is 0 Å². The van der Waals surface area contributed by atoms with E-state index in [0.29, 0.717) is 12.1 Å². The van der Waals surface area contributed by atoms with Crippen molar-refractivity contribution in [3.63, 3.8) is 0 Å². The normalized spacial score (nSPS) is 18.9. The number of nitrogens with zero attached hydrogens (tertiary/aromatic N) is 1. The van der Waals surface area contributed by atoms with Crippen molar-refractivity contribution >= 4 is 17.7 Å². The minimum absolute atomic E-state index is 0.104. The van der Waals surface area contributed by atoms with Crippen molar-refractivity contribution in [3.05, 3.63) is 64.2 Å². The topological polar surface area (TPSA) is 66.8 Å². The number of fused-ring (bicyclic) bond motifs is 1. The molecule has 0 spiro atoms. The Morgan fingerprint density at radius 3 is 1.87 bits per heavy atom. The van der Waals surface area contributed by atoms with Crippen molar-refractivity contribution < 1.29 is 58.9 Å². The van der Waals surface area contributed by atoms with Gasteiger partial charge >= 0.3 is 30.6 Å². The van der Waals surface area contributed by atoms with Gasteiger partial charge in [-0.25, -0.2) is 4.79 Å². The number of rotatable bonds is 5. The summed E-state index contributed by atoms with van der Waals surface area (Å²) in [5.74, 6) is -5.50. The molecule has 0 fully saturated rings. The van der Waals surface area contributed by atoms with Gasteiger partial charge in [0.2, 0.25) is 0 Å². The van der Waals surface area contributed by atoms with E-state index in [1.165, 1.54) is 6.92 Å². The van der Waals surface area contributed by atoms with Crippen LogP contribution in [0.1, 0.15) is 66.3 Å². The molecule has 5 nitrogen and oxygen atoms in total. The molecule has 1 heterocycles. The molecule has 214 valence electrons. The molecule has 1 aliphatic heterocycles. The van der Waals surface area contributed by atoms with Crippen molar-refractivity contribution in [3.8, 4) is 0 Å². The quantitative estimate of drug-likeness (QED) is 0.372. The molecule has 3 atom stereocenters. The number of anilines is 1. The first kappa shape index (κ1) is 30.1. The SMILES string of the molecule is CCOC(=O)N1c2ccc(C(F)(F)F)cc2[C@@H]([C@H](C(=O)O)c2cc(C(F)(F)F)cc(C(F)(F)F)c2)C[C@H]1CC. The van der Waals surface area contributed by atoms with E-state index in [0.717, 1.165) is 11.0 Å². The molecule has 1 amide bonds. The van der Waals surface area contributed by atoms with E-state index in [4.69, 9.17) is 4.74 Å². The molecule has 0 saturated carbocycles. The molecule has 0 bridgehead atoms. The summed E-state index contributed by atoms with van der Waals surface area (Å²) in [6, 6.07) is 1.56. The van der Waals surface area contributed by atoms with Gasteiger partial charge < -0.3 is 9.84 Å². The van der Waals surface area contributed by atoms with Gasteiger partial charge in [0, 0.05) is 12.0 Å². The molecule has 2 aromatic carbocycles. The number of carbonyl (C=O) groups is 2. The molecule has 0 aromatic heterocycles. The fourth-order valence-electron chi connectivity index (χ4n) is 4.78. The predicted molar refractivity (Wildman–Crippen MR) is 119 cm³/mol. The van der Waals surface area contributed by atoms with Crippen molar-refractivity contribution in [2.24, 2.45) is 0 Å². The lowest BCUT2D eigenvalue weighted by Gasteiger charge is -2.42. The minimum Gasteiger partial charge on any atom is -0.481 e. The maximum absolute atomic E-state index is 13.6. The highest BCUT2D eigenvalue weighted by Gasteiger charge is 2.45. The van der Waals surface area contributed by atoms with Gasteiger partial charge in [0.1, 0.15) is 0 Å². The average Bonchev–Trinajstić information content (AvgIpc) is 2.81. The maximum Gasteiger partial charge on any atom is 0.416 e. The van der Waals surface area contributed by atoms with E-state index < -0.39 is 70.7 Å². The van der Waals surface area contributed by atoms with Crippen LogP contribution in [-0.2, 0) is 28.1 Å². The Labute approximate surface area is 216 Å². The van der Waals surface area contributed by atoms with E-state index >= 15 is 0 Å². The fraction of sp³-hybridized carbons (Fsp3) is 0.440. The van der Waals surface area contributed by atoms with Crippen LogP contribution in [0.2, 0.25) is 0 Å². The molecular weight excluding hydrogens is 549 g/mol. The Morgan fingerprint density at radius 1 is 0.897 bits per heavy atom. The Hall–Kier alpha value is -3.45. The number of aliphatic carboxylic acids is 1. The van der Waals surface area contributed by atoms with Crippen LogP contribution >= 0.6 is 0 Å². The number of halogens is 9. The van der Waals surface area contributed by atoms with Gasteiger partial charge in [-0.05, 0) is 67.3 Å². The molecule has 0 aliphatic carbocycles. The lowest BCUT2D eigenvalue weighted by Crippen LogP contribution is -2.46. The second-order valence-corrected chi connectivity index (χ2v) is 8.90. The van der Waals surface area contributed by atoms with Crippen LogP contribution in [-0.4, -0.2) is 29.8 Å². The third-order valence-electron chi connectivity index (χ3n) is 6.48. The zero-order valence-corrected chi connectivity index (χ0v) is 20.3. The number of carbonyl (C=O) groups excluding carboxylic acids is 1. The molecule has 1 aliphatic rings. The highest BCUT2D eigenvalue weighted by atomic mass is 19.4. The average molecular weight is 571 g/mol. The van der Waals surface area contributed by atoms with E-state index in [1.807, 2.05) is 0 Å². The molecule has 1 N–H and O–H groups in total. The highest BCUT2D eigenvalue weighted by molar-refractivity contribution is 5.91. The first-order chi connectivity index (χ1) is 17.9. The molecule has 39 heavy (non-hydrogen) atoms. The number of ether oxygens (including phenoxy) is 1. The summed E-state index contributed by atoms with van der Waals surface area (Å²) in [6.45, 7) is 2.95. The zero-order valence-electron chi connectivity index (χ0n) is 20.3. The van der Waals surface area contributed by atoms with Crippen LogP contribution in [0.15, 0.2) is 36.4 Å². The summed E-state index contributed by atoms with van der Waals surface area (Å²) >= 11 is 0. The molecule has 14 heteroatoms. The van der Waals surface area contributed by atoms with Crippen molar-refractivity contribution in [1.82, 2.24) is 0 Å². The molecule has 2 aromatic rings. The lowest BCUT2D eigenvalue weighted by molar-refractivity contribution is -0.144. The second-order valence-electron chi connectivity index (χ2n) is 8.90. The first-order valence-electron chi connectivity index (χ1n) is 11.6. The lowest BCUT2D eigenvalue weighted by atomic mass is 9.73. The highest BCUT2D eigenvalue weighted by Crippen LogP contribution is 2.49. The van der Waals surface area contributed by atoms with Gasteiger partial charge in [0.25, 0.3) is 0 Å². The summed E-state index contributed by atoms with van der Waals surface area (Å²) in [4.78, 5) is 26.2. The Balaban J connectivity index is 2.33. The van der Waals surface area contributed by atoms with Gasteiger partial charge in [-0.2, -0.15) is 39.5 Å². The smallest absolute Gasteiger partial charge is 0.416 e. The van der Waals surface area contributed by atoms with Crippen molar-refractivity contribution in [2.75, 3.05) is 11.5 Å². The van der Waals surface area contributed by atoms with Crippen LogP contribution in [0.3, 0.4) is 0 Å². The van der Waals surface area contributed by atoms with Crippen molar-refractivity contribution in [2.45, 2.75) is 63.1 Å². The van der Waals surface area contributed by atoms with E-state index in [9.17, 15) is 54.2 Å². The number of hydrogen-bond acceptors (Lipinski definition) is 3. The number of carboxylic acid groups (broad SMARTS) is 1. The number of carboxylic acids is 1. The van der Waals surface area contributed by atoms with Gasteiger partial charge in [0.05, 0.1) is 34.9 Å². The first-order valence-corrected chi connectivity index (χ1v) is 11.6. The summed E-state index contributed by atoms with van der Waals surface area (Å²) in [5, 5.41) is 10.0. The summed E-state index contributed by atoms with van der Waals surface area (Å²) < 4.78 is 127. The number of amides is 1. The molecule has 0 unspecified atom stereocenters. The Bertz CT molecular complexity index is 1210. The number of hydrogen-bond donors (Lipinski definition) is 1. The predicted octanol–water partition coefficient (Wildman–Crippen LogP) is 7.84. The Kier molecular flexibility index (Phi) is 8.19. The molecule has 0 radical (unpaired) electrons. The molecule has 0 saturated heterocycles. The van der Waals surface area contributed by atoms with Gasteiger partial charge in [-0.3, -0.25) is 9.69 Å². The second kappa shape index (κ2) is 10.6. The van der Waals surface area contributed by atoms with Crippen LogP contribution in [0.5, 0.6) is 0 Å². The summed E-state index contributed by atoms with van der Waals surface area (Å²) in [5.41, 5.74) is -6.22. The van der Waals surface area contributed by atoms with E-state index in [-0.39, 0.29) is 48.9 Å². The fourth-order valence-corrected chi connectivity index (χ4v) is 4.78. The number of benzene rings is 2. The maximum atomic E-state index is 13.6. The summed E-state index contributed by atoms with van der Waals surface area (Å²) in [6.07, 6.45) is -16.7. The monoisotopic (exact) mass is 571 g/mol. The standard InChI is InChI=1S/C25H22F9NO4/c1-3-16-11-18(17-10-13(23(26,27)28)5-6-19(17)35(16)22(38)39-4-2)20(21(36)37)12-7-14(24(29,30)31)9-15(8-12)25(32,33)34/h5-10,16,18,20H,3-4,11H2,1-2H3,(H,36,37)/t16-,18+,20-/m1/s1. The van der Waals surface area contributed by atoms with Crippen LogP contribution in [0, 0.1) is 0 Å². The van der Waals surface area contributed by atoms with Crippen LogP contribution in [0.25, 0.3) is 0 Å². The van der Waals surface area contributed by atoms with E-state index in [1.54, 1.807) is 6.92 Å². The molecule has 3 rings (SSSR count). The van der Waals surface area contributed by atoms with Crippen LogP contribution < -0.4 is 4.90 Å². The molecular formula is C25H22F9NO4. The van der Waals surface area contributed by atoms with E-state index in [2.05, 4.69) is 0 Å². The van der Waals surface area contributed by atoms with Crippen LogP contribution in [0.4, 0.5) is 50.0 Å². The zero-order chi connectivity index (χ0) is 29.5. The van der Waals surface area contributed by atoms with Gasteiger partial charge in [-0.15, -0.1) is 0 Å². The largest absolute Gasteiger partial charge is 0.481 e. The summed E-state index contributed by atoms with van der Waals surface area (Å²) in [7, 11) is 0. The Morgan fingerprint density at radius 2 is 1.44 bits per heavy atom. The third kappa shape index (κ3) is 6.25. The number of alkyl halides is 9.